The van der Waals surface area contributed by atoms with Crippen molar-refractivity contribution < 1.29 is 14.3 Å². The molecule has 2 aromatic carbocycles. The Bertz CT molecular complexity index is 904. The number of ether oxygens (including phenoxy) is 1. The highest BCUT2D eigenvalue weighted by molar-refractivity contribution is 6.30. The predicted octanol–water partition coefficient (Wildman–Crippen LogP) is 5.35. The molecule has 0 aliphatic heterocycles. The maximum absolute atomic E-state index is 13.3. The van der Waals surface area contributed by atoms with Gasteiger partial charge in [0.2, 0.25) is 5.91 Å². The Morgan fingerprint density at radius 2 is 1.69 bits per heavy atom. The van der Waals surface area contributed by atoms with Gasteiger partial charge >= 0.3 is 0 Å². The van der Waals surface area contributed by atoms with Crippen LogP contribution in [0.4, 0.5) is 0 Å². The zero-order valence-corrected chi connectivity index (χ0v) is 20.7. The van der Waals surface area contributed by atoms with Crippen LogP contribution in [0.1, 0.15) is 59.1 Å². The molecule has 0 aliphatic rings. The number of halogens is 1. The molecule has 2 amide bonds. The number of hydrogen-bond donors (Lipinski definition) is 1. The molecule has 5 nitrogen and oxygen atoms in total. The molecule has 2 aromatic rings. The van der Waals surface area contributed by atoms with E-state index in [9.17, 15) is 9.59 Å². The summed E-state index contributed by atoms with van der Waals surface area (Å²) in [4.78, 5) is 27.8. The SMILES string of the molecule is CC[C@@H](C(=O)NC(C)C)N(Cc1ccc(Cl)cc1)C(=O)COc1ccccc1C(C)(C)C. The normalized spacial score (nSPS) is 12.4. The average Bonchev–Trinajstić information content (AvgIpc) is 2.72. The van der Waals surface area contributed by atoms with Crippen LogP contribution in [0.3, 0.4) is 0 Å². The smallest absolute Gasteiger partial charge is 0.261 e. The zero-order valence-electron chi connectivity index (χ0n) is 19.9. The van der Waals surface area contributed by atoms with Crippen molar-refractivity contribution in [2.45, 2.75) is 72.0 Å². The fourth-order valence-electron chi connectivity index (χ4n) is 3.52. The summed E-state index contributed by atoms with van der Waals surface area (Å²) in [7, 11) is 0. The molecule has 0 saturated heterocycles. The minimum atomic E-state index is -0.595. The first-order valence-corrected chi connectivity index (χ1v) is 11.5. The summed E-state index contributed by atoms with van der Waals surface area (Å²) >= 11 is 6.01. The summed E-state index contributed by atoms with van der Waals surface area (Å²) < 4.78 is 5.97. The molecule has 0 aliphatic carbocycles. The summed E-state index contributed by atoms with van der Waals surface area (Å²) in [6.45, 7) is 12.2. The fourth-order valence-corrected chi connectivity index (χ4v) is 3.65. The number of benzene rings is 2. The molecular formula is C26H35ClN2O3. The number of amides is 2. The van der Waals surface area contributed by atoms with Crippen LogP contribution in [0, 0.1) is 0 Å². The standard InChI is InChI=1S/C26H35ClN2O3/c1-7-22(25(31)28-18(2)3)29(16-19-12-14-20(27)15-13-19)24(30)17-32-23-11-9-8-10-21(23)26(4,5)6/h8-15,18,22H,7,16-17H2,1-6H3,(H,28,31)/t22-/m0/s1. The van der Waals surface area contributed by atoms with Gasteiger partial charge in [0.15, 0.2) is 6.61 Å². The van der Waals surface area contributed by atoms with Crippen LogP contribution < -0.4 is 10.1 Å². The lowest BCUT2D eigenvalue weighted by Gasteiger charge is -2.31. The first-order valence-electron chi connectivity index (χ1n) is 11.1. The molecule has 1 N–H and O–H groups in total. The van der Waals surface area contributed by atoms with Crippen LogP contribution in [-0.2, 0) is 21.5 Å². The molecular weight excluding hydrogens is 424 g/mol. The van der Waals surface area contributed by atoms with E-state index in [1.165, 1.54) is 0 Å². The Balaban J connectivity index is 2.27. The van der Waals surface area contributed by atoms with Crippen molar-refractivity contribution in [1.29, 1.82) is 0 Å². The maximum Gasteiger partial charge on any atom is 0.261 e. The van der Waals surface area contributed by atoms with Gasteiger partial charge in [-0.25, -0.2) is 0 Å². The van der Waals surface area contributed by atoms with Gasteiger partial charge in [0, 0.05) is 17.6 Å². The molecule has 1 atom stereocenters. The molecule has 0 saturated carbocycles. The molecule has 6 heteroatoms. The van der Waals surface area contributed by atoms with Crippen molar-refractivity contribution in [2.24, 2.45) is 0 Å². The van der Waals surface area contributed by atoms with E-state index < -0.39 is 6.04 Å². The van der Waals surface area contributed by atoms with Crippen molar-refractivity contribution >= 4 is 23.4 Å². The molecule has 0 unspecified atom stereocenters. The number of carbonyl (C=O) groups excluding carboxylic acids is 2. The Morgan fingerprint density at radius 3 is 2.25 bits per heavy atom. The first kappa shape index (κ1) is 25.7. The summed E-state index contributed by atoms with van der Waals surface area (Å²) in [5, 5.41) is 3.56. The second-order valence-corrected chi connectivity index (χ2v) is 9.71. The second kappa shape index (κ2) is 11.4. The van der Waals surface area contributed by atoms with Gasteiger partial charge in [-0.05, 0) is 55.0 Å². The third kappa shape index (κ3) is 7.27. The summed E-state index contributed by atoms with van der Waals surface area (Å²) in [6.07, 6.45) is 0.496. The van der Waals surface area contributed by atoms with Gasteiger partial charge in [0.1, 0.15) is 11.8 Å². The number of nitrogens with zero attached hydrogens (tertiary/aromatic N) is 1. The third-order valence-corrected chi connectivity index (χ3v) is 5.38. The van der Waals surface area contributed by atoms with Crippen LogP contribution in [0.5, 0.6) is 5.75 Å². The van der Waals surface area contributed by atoms with Crippen LogP contribution in [-0.4, -0.2) is 35.4 Å². The summed E-state index contributed by atoms with van der Waals surface area (Å²) in [5.74, 6) is 0.272. The minimum Gasteiger partial charge on any atom is -0.483 e. The highest BCUT2D eigenvalue weighted by Crippen LogP contribution is 2.31. The molecule has 0 bridgehead atoms. The highest BCUT2D eigenvalue weighted by atomic mass is 35.5. The van der Waals surface area contributed by atoms with Crippen molar-refractivity contribution in [3.63, 3.8) is 0 Å². The van der Waals surface area contributed by atoms with Gasteiger partial charge in [0.05, 0.1) is 0 Å². The molecule has 32 heavy (non-hydrogen) atoms. The third-order valence-electron chi connectivity index (χ3n) is 5.13. The number of para-hydroxylation sites is 1. The van der Waals surface area contributed by atoms with Gasteiger partial charge < -0.3 is 15.0 Å². The Morgan fingerprint density at radius 1 is 1.06 bits per heavy atom. The number of carbonyl (C=O) groups is 2. The molecule has 0 spiro atoms. The van der Waals surface area contributed by atoms with E-state index in [-0.39, 0.29) is 29.9 Å². The van der Waals surface area contributed by atoms with Crippen molar-refractivity contribution in [2.75, 3.05) is 6.61 Å². The van der Waals surface area contributed by atoms with Crippen LogP contribution in [0.25, 0.3) is 0 Å². The fraction of sp³-hybridized carbons (Fsp3) is 0.462. The Labute approximate surface area is 197 Å². The van der Waals surface area contributed by atoms with Gasteiger partial charge in [-0.2, -0.15) is 0 Å². The van der Waals surface area contributed by atoms with Crippen molar-refractivity contribution in [3.05, 3.63) is 64.7 Å². The van der Waals surface area contributed by atoms with E-state index in [1.54, 1.807) is 17.0 Å². The van der Waals surface area contributed by atoms with Gasteiger partial charge in [-0.1, -0.05) is 69.6 Å². The summed E-state index contributed by atoms with van der Waals surface area (Å²) in [6, 6.07) is 14.4. The topological polar surface area (TPSA) is 58.6 Å². The van der Waals surface area contributed by atoms with E-state index in [2.05, 4.69) is 26.1 Å². The number of hydrogen-bond acceptors (Lipinski definition) is 3. The monoisotopic (exact) mass is 458 g/mol. The predicted molar refractivity (Wildman–Crippen MR) is 130 cm³/mol. The molecule has 0 aromatic heterocycles. The number of rotatable bonds is 9. The lowest BCUT2D eigenvalue weighted by Crippen LogP contribution is -2.51. The van der Waals surface area contributed by atoms with Crippen LogP contribution in [0.15, 0.2) is 48.5 Å². The maximum atomic E-state index is 13.3. The quantitative estimate of drug-likeness (QED) is 0.551. The summed E-state index contributed by atoms with van der Waals surface area (Å²) in [5.41, 5.74) is 1.81. The molecule has 0 heterocycles. The number of nitrogens with one attached hydrogen (secondary N) is 1. The van der Waals surface area contributed by atoms with Gasteiger partial charge in [-0.3, -0.25) is 9.59 Å². The largest absolute Gasteiger partial charge is 0.483 e. The van der Waals surface area contributed by atoms with Crippen LogP contribution in [0.2, 0.25) is 5.02 Å². The van der Waals surface area contributed by atoms with Crippen molar-refractivity contribution in [3.8, 4) is 5.75 Å². The van der Waals surface area contributed by atoms with E-state index in [1.807, 2.05) is 57.2 Å². The molecule has 174 valence electrons. The van der Waals surface area contributed by atoms with Gasteiger partial charge in [-0.15, -0.1) is 0 Å². The van der Waals surface area contributed by atoms with Crippen molar-refractivity contribution in [1.82, 2.24) is 10.2 Å². The molecule has 0 radical (unpaired) electrons. The second-order valence-electron chi connectivity index (χ2n) is 9.27. The average molecular weight is 459 g/mol. The molecule has 0 fully saturated rings. The highest BCUT2D eigenvalue weighted by Gasteiger charge is 2.29. The van der Waals surface area contributed by atoms with E-state index in [4.69, 9.17) is 16.3 Å². The zero-order chi connectivity index (χ0) is 23.9. The lowest BCUT2D eigenvalue weighted by molar-refractivity contribution is -0.143. The van der Waals surface area contributed by atoms with Gasteiger partial charge in [0.25, 0.3) is 5.91 Å². The Hall–Kier alpha value is -2.53. The van der Waals surface area contributed by atoms with E-state index in [0.717, 1.165) is 11.1 Å². The Kier molecular flexibility index (Phi) is 9.14. The minimum absolute atomic E-state index is 0.0149. The molecule has 2 rings (SSSR count). The van der Waals surface area contributed by atoms with E-state index >= 15 is 0 Å². The van der Waals surface area contributed by atoms with E-state index in [0.29, 0.717) is 23.7 Å². The lowest BCUT2D eigenvalue weighted by atomic mass is 9.86. The van der Waals surface area contributed by atoms with Crippen LogP contribution >= 0.6 is 11.6 Å². The first-order chi connectivity index (χ1) is 15.0.